The van der Waals surface area contributed by atoms with Gasteiger partial charge in [-0.25, -0.2) is 8.42 Å². The highest BCUT2D eigenvalue weighted by Crippen LogP contribution is 2.12. The van der Waals surface area contributed by atoms with Gasteiger partial charge in [0.15, 0.2) is 0 Å². The van der Waals surface area contributed by atoms with Gasteiger partial charge in [-0.2, -0.15) is 0 Å². The number of rotatable bonds is 10. The summed E-state index contributed by atoms with van der Waals surface area (Å²) in [6.07, 6.45) is 0. The van der Waals surface area contributed by atoms with E-state index in [4.69, 9.17) is 4.74 Å². The molecule has 0 aliphatic rings. The van der Waals surface area contributed by atoms with Crippen LogP contribution in [0.3, 0.4) is 0 Å². The molecule has 0 aliphatic carbocycles. The van der Waals surface area contributed by atoms with Crippen molar-refractivity contribution in [3.63, 3.8) is 0 Å². The Morgan fingerprint density at radius 2 is 1.39 bits per heavy atom. The predicted molar refractivity (Wildman–Crippen MR) is 116 cm³/mol. The number of benzene rings is 3. The highest BCUT2D eigenvalue weighted by Gasteiger charge is 2.14. The van der Waals surface area contributed by atoms with E-state index in [0.29, 0.717) is 25.3 Å². The highest BCUT2D eigenvalue weighted by molar-refractivity contribution is 7.89. The first-order chi connectivity index (χ1) is 15.0. The van der Waals surface area contributed by atoms with Gasteiger partial charge >= 0.3 is 0 Å². The molecule has 162 valence electrons. The molecule has 0 spiro atoms. The molecule has 0 saturated heterocycles. The lowest BCUT2D eigenvalue weighted by atomic mass is 10.1. The molecule has 1 amide bonds. The number of carbonyl (C=O) groups excluding carboxylic acids is 1. The summed E-state index contributed by atoms with van der Waals surface area (Å²) in [6.45, 7) is 1.42. The third-order valence-corrected chi connectivity index (χ3v) is 5.76. The third kappa shape index (κ3) is 6.73. The normalized spacial score (nSPS) is 11.3. The van der Waals surface area contributed by atoms with Crippen molar-refractivity contribution in [3.05, 3.63) is 101 Å². The zero-order valence-electron chi connectivity index (χ0n) is 17.1. The molecule has 0 radical (unpaired) electrons. The van der Waals surface area contributed by atoms with Crippen LogP contribution in [0.4, 0.5) is 0 Å². The Morgan fingerprint density at radius 1 is 0.806 bits per heavy atom. The van der Waals surface area contributed by atoms with Crippen LogP contribution in [0.5, 0.6) is 0 Å². The fraction of sp³-hybridized carbons (Fsp3) is 0.174. The van der Waals surface area contributed by atoms with E-state index in [-0.39, 0.29) is 10.8 Å². The van der Waals surface area contributed by atoms with Gasteiger partial charge in [-0.3, -0.25) is 9.63 Å². The van der Waals surface area contributed by atoms with Gasteiger partial charge in [-0.1, -0.05) is 59.5 Å². The third-order valence-electron chi connectivity index (χ3n) is 4.48. The van der Waals surface area contributed by atoms with E-state index >= 15 is 0 Å². The second-order valence-electron chi connectivity index (χ2n) is 6.79. The van der Waals surface area contributed by atoms with Gasteiger partial charge in [0.25, 0.3) is 15.9 Å². The van der Waals surface area contributed by atoms with Crippen LogP contribution in [-0.4, -0.2) is 21.4 Å². The summed E-state index contributed by atoms with van der Waals surface area (Å²) >= 11 is 0. The SMILES string of the molecule is CONS(=O)(=O)c1ccc(C(=O)NCc2ccc(COCc3ccccc3)cc2)cc1. The number of hydrogen-bond donors (Lipinski definition) is 2. The molecule has 0 unspecified atom stereocenters. The topological polar surface area (TPSA) is 93.7 Å². The summed E-state index contributed by atoms with van der Waals surface area (Å²) in [5.41, 5.74) is 3.49. The van der Waals surface area contributed by atoms with Crippen molar-refractivity contribution in [3.8, 4) is 0 Å². The largest absolute Gasteiger partial charge is 0.372 e. The van der Waals surface area contributed by atoms with Gasteiger partial charge in [-0.15, -0.1) is 0 Å². The van der Waals surface area contributed by atoms with Crippen LogP contribution in [0, 0.1) is 0 Å². The van der Waals surface area contributed by atoms with Crippen LogP contribution in [-0.2, 0) is 39.4 Å². The molecule has 0 heterocycles. The van der Waals surface area contributed by atoms with Gasteiger partial charge < -0.3 is 10.1 Å². The van der Waals surface area contributed by atoms with E-state index in [1.807, 2.05) is 59.5 Å². The van der Waals surface area contributed by atoms with Crippen LogP contribution in [0.25, 0.3) is 0 Å². The summed E-state index contributed by atoms with van der Waals surface area (Å²) in [7, 11) is -2.54. The maximum absolute atomic E-state index is 12.3. The van der Waals surface area contributed by atoms with E-state index in [9.17, 15) is 13.2 Å². The predicted octanol–water partition coefficient (Wildman–Crippen LogP) is 3.17. The molecule has 8 heteroatoms. The number of hydrogen-bond acceptors (Lipinski definition) is 5. The molecule has 0 aliphatic heterocycles. The molecule has 7 nitrogen and oxygen atoms in total. The number of sulfonamides is 1. The smallest absolute Gasteiger partial charge is 0.262 e. The fourth-order valence-electron chi connectivity index (χ4n) is 2.84. The Hall–Kier alpha value is -3.04. The standard InChI is InChI=1S/C23H24N2O5S/c1-29-25-31(27,28)22-13-11-21(12-14-22)23(26)24-15-18-7-9-20(10-8-18)17-30-16-19-5-3-2-4-6-19/h2-14,25H,15-17H2,1H3,(H,24,26). The van der Waals surface area contributed by atoms with Crippen molar-refractivity contribution < 1.29 is 22.8 Å². The Labute approximate surface area is 182 Å². The quantitative estimate of drug-likeness (QED) is 0.473. The molecule has 31 heavy (non-hydrogen) atoms. The molecular formula is C23H24N2O5S. The van der Waals surface area contributed by atoms with E-state index in [1.165, 1.54) is 31.4 Å². The maximum Gasteiger partial charge on any atom is 0.262 e. The zero-order chi connectivity index (χ0) is 22.1. The van der Waals surface area contributed by atoms with E-state index in [0.717, 1.165) is 16.7 Å². The minimum Gasteiger partial charge on any atom is -0.372 e. The van der Waals surface area contributed by atoms with Crippen molar-refractivity contribution >= 4 is 15.9 Å². The number of ether oxygens (including phenoxy) is 1. The monoisotopic (exact) mass is 440 g/mol. The van der Waals surface area contributed by atoms with Crippen LogP contribution < -0.4 is 10.2 Å². The summed E-state index contributed by atoms with van der Waals surface area (Å²) < 4.78 is 29.4. The first kappa shape index (κ1) is 22.6. The second kappa shape index (κ2) is 10.8. The lowest BCUT2D eigenvalue weighted by Crippen LogP contribution is -2.24. The number of amides is 1. The molecule has 0 atom stereocenters. The molecule has 0 fully saturated rings. The Bertz CT molecular complexity index is 1080. The number of nitrogens with one attached hydrogen (secondary N) is 2. The molecule has 2 N–H and O–H groups in total. The highest BCUT2D eigenvalue weighted by atomic mass is 32.2. The van der Waals surface area contributed by atoms with Gasteiger partial charge in [-0.05, 0) is 41.0 Å². The molecular weight excluding hydrogens is 416 g/mol. The van der Waals surface area contributed by atoms with E-state index in [2.05, 4.69) is 10.2 Å². The average Bonchev–Trinajstić information content (AvgIpc) is 2.79. The molecule has 3 rings (SSSR count). The summed E-state index contributed by atoms with van der Waals surface area (Å²) in [6, 6.07) is 23.4. The average molecular weight is 441 g/mol. The molecule has 0 saturated carbocycles. The van der Waals surface area contributed by atoms with Crippen molar-refractivity contribution in [2.24, 2.45) is 0 Å². The summed E-state index contributed by atoms with van der Waals surface area (Å²) in [5, 5.41) is 2.82. The maximum atomic E-state index is 12.3. The van der Waals surface area contributed by atoms with Crippen molar-refractivity contribution in [1.29, 1.82) is 0 Å². The summed E-state index contributed by atoms with van der Waals surface area (Å²) in [5.74, 6) is -0.293. The van der Waals surface area contributed by atoms with Gasteiger partial charge in [0, 0.05) is 12.1 Å². The van der Waals surface area contributed by atoms with Crippen LogP contribution in [0.2, 0.25) is 0 Å². The second-order valence-corrected chi connectivity index (χ2v) is 8.44. The fourth-order valence-corrected chi connectivity index (χ4v) is 3.65. The van der Waals surface area contributed by atoms with Gasteiger partial charge in [0.2, 0.25) is 0 Å². The Kier molecular flexibility index (Phi) is 7.91. The number of carbonyl (C=O) groups is 1. The minimum absolute atomic E-state index is 0.0102. The summed E-state index contributed by atoms with van der Waals surface area (Å²) in [4.78, 5) is 18.7. The Morgan fingerprint density at radius 3 is 2.00 bits per heavy atom. The molecule has 0 bridgehead atoms. The lowest BCUT2D eigenvalue weighted by molar-refractivity contribution is 0.0950. The first-order valence-electron chi connectivity index (χ1n) is 9.60. The van der Waals surface area contributed by atoms with Crippen molar-refractivity contribution in [2.75, 3.05) is 7.11 Å². The van der Waals surface area contributed by atoms with Crippen LogP contribution in [0.1, 0.15) is 27.0 Å². The zero-order valence-corrected chi connectivity index (χ0v) is 17.9. The van der Waals surface area contributed by atoms with Crippen molar-refractivity contribution in [2.45, 2.75) is 24.7 Å². The van der Waals surface area contributed by atoms with E-state index in [1.54, 1.807) is 0 Å². The van der Waals surface area contributed by atoms with Gasteiger partial charge in [0.05, 0.1) is 25.2 Å². The molecule has 3 aromatic rings. The van der Waals surface area contributed by atoms with Crippen LogP contribution in [0.15, 0.2) is 83.8 Å². The van der Waals surface area contributed by atoms with E-state index < -0.39 is 10.0 Å². The Balaban J connectivity index is 1.47. The van der Waals surface area contributed by atoms with Gasteiger partial charge in [0.1, 0.15) is 0 Å². The van der Waals surface area contributed by atoms with Crippen molar-refractivity contribution in [1.82, 2.24) is 10.2 Å². The van der Waals surface area contributed by atoms with Crippen LogP contribution >= 0.6 is 0 Å². The minimum atomic E-state index is -3.75. The first-order valence-corrected chi connectivity index (χ1v) is 11.1. The lowest BCUT2D eigenvalue weighted by Gasteiger charge is -2.08. The molecule has 3 aromatic carbocycles. The molecule has 0 aromatic heterocycles.